The van der Waals surface area contributed by atoms with Crippen LogP contribution in [-0.4, -0.2) is 60.9 Å². The fourth-order valence-electron chi connectivity index (χ4n) is 2.09. The quantitative estimate of drug-likeness (QED) is 0.456. The van der Waals surface area contributed by atoms with E-state index in [-0.39, 0.29) is 5.57 Å². The summed E-state index contributed by atoms with van der Waals surface area (Å²) >= 11 is 0. The van der Waals surface area contributed by atoms with Crippen molar-refractivity contribution in [2.75, 3.05) is 33.2 Å². The van der Waals surface area contributed by atoms with Gasteiger partial charge in [-0.25, -0.2) is 4.79 Å². The minimum Gasteiger partial charge on any atom is -0.372 e. The normalized spacial score (nSPS) is 21.8. The third-order valence-electron chi connectivity index (χ3n) is 3.25. The van der Waals surface area contributed by atoms with E-state index in [4.69, 9.17) is 0 Å². The molecule has 0 spiro atoms. The van der Waals surface area contributed by atoms with Crippen LogP contribution in [0.3, 0.4) is 0 Å². The summed E-state index contributed by atoms with van der Waals surface area (Å²) in [5.74, 6) is -1.25. The molecule has 0 atom stereocenters. The molecule has 0 aliphatic carbocycles. The number of allylic oxidation sites excluding steroid dienone is 1. The van der Waals surface area contributed by atoms with Gasteiger partial charge in [0, 0.05) is 31.9 Å². The largest absolute Gasteiger partial charge is 0.372 e. The van der Waals surface area contributed by atoms with E-state index in [0.29, 0.717) is 5.70 Å². The van der Waals surface area contributed by atoms with E-state index in [1.807, 2.05) is 11.9 Å². The second-order valence-electron chi connectivity index (χ2n) is 4.49. The van der Waals surface area contributed by atoms with Crippen molar-refractivity contribution in [1.82, 2.24) is 20.4 Å². The molecule has 98 valence electrons. The standard InChI is InChI=1S/C11H16N4O3/c1-7(15-5-3-14(2)4-6-15)8-9(16)12-11(18)13-10(8)17/h3-6H2,1-2H3,(H2,12,13,16,17,18). The van der Waals surface area contributed by atoms with Crippen LogP contribution in [0.2, 0.25) is 0 Å². The van der Waals surface area contributed by atoms with Crippen LogP contribution in [0.4, 0.5) is 4.79 Å². The van der Waals surface area contributed by atoms with E-state index in [1.54, 1.807) is 6.92 Å². The summed E-state index contributed by atoms with van der Waals surface area (Å²) in [6.45, 7) is 5.02. The minimum absolute atomic E-state index is 0.0270. The van der Waals surface area contributed by atoms with Gasteiger partial charge in [0.05, 0.1) is 0 Å². The minimum atomic E-state index is -0.764. The smallest absolute Gasteiger partial charge is 0.328 e. The Kier molecular flexibility index (Phi) is 3.33. The predicted molar refractivity (Wildman–Crippen MR) is 63.5 cm³/mol. The molecule has 0 bridgehead atoms. The molecule has 2 rings (SSSR count). The van der Waals surface area contributed by atoms with E-state index in [0.717, 1.165) is 26.2 Å². The maximum atomic E-state index is 11.7. The summed E-state index contributed by atoms with van der Waals surface area (Å²) in [4.78, 5) is 38.5. The Labute approximate surface area is 105 Å². The Hall–Kier alpha value is -1.89. The number of imide groups is 2. The number of hydrogen-bond donors (Lipinski definition) is 2. The van der Waals surface area contributed by atoms with Gasteiger partial charge in [-0.2, -0.15) is 0 Å². The molecule has 2 aliphatic rings. The number of nitrogens with one attached hydrogen (secondary N) is 2. The molecule has 2 fully saturated rings. The molecule has 7 nitrogen and oxygen atoms in total. The first-order valence-corrected chi connectivity index (χ1v) is 5.80. The van der Waals surface area contributed by atoms with Crippen LogP contribution in [0, 0.1) is 0 Å². The van der Waals surface area contributed by atoms with Gasteiger partial charge in [-0.1, -0.05) is 0 Å². The van der Waals surface area contributed by atoms with Gasteiger partial charge < -0.3 is 9.80 Å². The van der Waals surface area contributed by atoms with Crippen LogP contribution in [0.25, 0.3) is 0 Å². The first-order chi connectivity index (χ1) is 8.49. The van der Waals surface area contributed by atoms with Gasteiger partial charge in [0.25, 0.3) is 11.8 Å². The van der Waals surface area contributed by atoms with Gasteiger partial charge in [-0.05, 0) is 14.0 Å². The lowest BCUT2D eigenvalue weighted by Gasteiger charge is -2.35. The third-order valence-corrected chi connectivity index (χ3v) is 3.25. The number of piperazine rings is 1. The lowest BCUT2D eigenvalue weighted by molar-refractivity contribution is -0.124. The van der Waals surface area contributed by atoms with Crippen LogP contribution in [0.5, 0.6) is 0 Å². The lowest BCUT2D eigenvalue weighted by Crippen LogP contribution is -2.53. The molecule has 0 radical (unpaired) electrons. The highest BCUT2D eigenvalue weighted by atomic mass is 16.2. The van der Waals surface area contributed by atoms with Crippen molar-refractivity contribution in [2.24, 2.45) is 0 Å². The fraction of sp³-hybridized carbons (Fsp3) is 0.545. The van der Waals surface area contributed by atoms with Crippen molar-refractivity contribution in [1.29, 1.82) is 0 Å². The van der Waals surface area contributed by atoms with E-state index in [1.165, 1.54) is 0 Å². The number of rotatable bonds is 1. The number of barbiturate groups is 1. The number of hydrogen-bond acceptors (Lipinski definition) is 5. The summed E-state index contributed by atoms with van der Waals surface area (Å²) in [6, 6.07) is -0.764. The van der Waals surface area contributed by atoms with E-state index in [2.05, 4.69) is 15.5 Å². The highest BCUT2D eigenvalue weighted by Gasteiger charge is 2.31. The first-order valence-electron chi connectivity index (χ1n) is 5.80. The fourth-order valence-corrected chi connectivity index (χ4v) is 2.09. The topological polar surface area (TPSA) is 81.8 Å². The number of nitrogens with zero attached hydrogens (tertiary/aromatic N) is 2. The highest BCUT2D eigenvalue weighted by molar-refractivity contribution is 6.29. The zero-order chi connectivity index (χ0) is 13.3. The Morgan fingerprint density at radius 2 is 1.50 bits per heavy atom. The molecular weight excluding hydrogens is 236 g/mol. The molecule has 0 aromatic heterocycles. The third kappa shape index (κ3) is 2.35. The van der Waals surface area contributed by atoms with Crippen molar-refractivity contribution in [3.63, 3.8) is 0 Å². The van der Waals surface area contributed by atoms with Crippen molar-refractivity contribution in [2.45, 2.75) is 6.92 Å². The molecule has 2 aliphatic heterocycles. The van der Waals surface area contributed by atoms with Crippen molar-refractivity contribution in [3.8, 4) is 0 Å². The maximum absolute atomic E-state index is 11.7. The molecular formula is C11H16N4O3. The van der Waals surface area contributed by atoms with Crippen molar-refractivity contribution in [3.05, 3.63) is 11.3 Å². The Morgan fingerprint density at radius 3 is 2.00 bits per heavy atom. The van der Waals surface area contributed by atoms with Crippen LogP contribution in [-0.2, 0) is 9.59 Å². The molecule has 4 amide bonds. The molecule has 0 aromatic rings. The van der Waals surface area contributed by atoms with Gasteiger partial charge in [-0.15, -0.1) is 0 Å². The van der Waals surface area contributed by atoms with Crippen LogP contribution < -0.4 is 10.6 Å². The van der Waals surface area contributed by atoms with Gasteiger partial charge in [-0.3, -0.25) is 20.2 Å². The molecule has 0 saturated carbocycles. The van der Waals surface area contributed by atoms with E-state index < -0.39 is 17.8 Å². The average molecular weight is 252 g/mol. The Balaban J connectivity index is 2.21. The van der Waals surface area contributed by atoms with E-state index >= 15 is 0 Å². The van der Waals surface area contributed by atoms with Gasteiger partial charge >= 0.3 is 6.03 Å². The lowest BCUT2D eigenvalue weighted by atomic mass is 10.1. The van der Waals surface area contributed by atoms with E-state index in [9.17, 15) is 14.4 Å². The number of carbonyl (C=O) groups excluding carboxylic acids is 3. The molecule has 2 N–H and O–H groups in total. The highest BCUT2D eigenvalue weighted by Crippen LogP contribution is 2.14. The number of urea groups is 1. The average Bonchev–Trinajstić information content (AvgIpc) is 2.28. The SMILES string of the molecule is CC(=C1C(=O)NC(=O)NC1=O)N1CCN(C)CC1. The summed E-state index contributed by atoms with van der Waals surface area (Å²) in [5.41, 5.74) is 0.643. The zero-order valence-corrected chi connectivity index (χ0v) is 10.4. The van der Waals surface area contributed by atoms with Crippen LogP contribution >= 0.6 is 0 Å². The van der Waals surface area contributed by atoms with Gasteiger partial charge in [0.15, 0.2) is 0 Å². The number of carbonyl (C=O) groups is 3. The second-order valence-corrected chi connectivity index (χ2v) is 4.49. The Morgan fingerprint density at radius 1 is 1.00 bits per heavy atom. The van der Waals surface area contributed by atoms with Crippen molar-refractivity contribution < 1.29 is 14.4 Å². The second kappa shape index (κ2) is 4.77. The molecule has 7 heteroatoms. The zero-order valence-electron chi connectivity index (χ0n) is 10.4. The summed E-state index contributed by atoms with van der Waals surface area (Å²) < 4.78 is 0. The summed E-state index contributed by atoms with van der Waals surface area (Å²) in [6.07, 6.45) is 0. The number of amides is 4. The number of likely N-dealkylation sites (N-methyl/N-ethyl adjacent to an activating group) is 1. The molecule has 2 saturated heterocycles. The Bertz CT molecular complexity index is 414. The van der Waals surface area contributed by atoms with Gasteiger partial charge in [0.1, 0.15) is 5.57 Å². The molecule has 18 heavy (non-hydrogen) atoms. The van der Waals surface area contributed by atoms with Crippen LogP contribution in [0.15, 0.2) is 11.3 Å². The van der Waals surface area contributed by atoms with Gasteiger partial charge in [0.2, 0.25) is 0 Å². The first kappa shape index (κ1) is 12.6. The van der Waals surface area contributed by atoms with Crippen molar-refractivity contribution >= 4 is 17.8 Å². The molecule has 0 aromatic carbocycles. The maximum Gasteiger partial charge on any atom is 0.328 e. The summed E-state index contributed by atoms with van der Waals surface area (Å²) in [5, 5.41) is 4.17. The summed E-state index contributed by atoms with van der Waals surface area (Å²) in [7, 11) is 2.03. The predicted octanol–water partition coefficient (Wildman–Crippen LogP) is -1.13. The molecule has 0 unspecified atom stereocenters. The van der Waals surface area contributed by atoms with Crippen LogP contribution in [0.1, 0.15) is 6.92 Å². The molecule has 2 heterocycles. The monoisotopic (exact) mass is 252 g/mol.